The zero-order valence-electron chi connectivity index (χ0n) is 18.6. The first-order valence-corrected chi connectivity index (χ1v) is 9.51. The van der Waals surface area contributed by atoms with Gasteiger partial charge in [-0.15, -0.1) is 0 Å². The molecule has 1 unspecified atom stereocenters. The van der Waals surface area contributed by atoms with Crippen LogP contribution in [0.25, 0.3) is 0 Å². The summed E-state index contributed by atoms with van der Waals surface area (Å²) in [7, 11) is 0. The molecule has 8 nitrogen and oxygen atoms in total. The summed E-state index contributed by atoms with van der Waals surface area (Å²) in [6, 6.07) is 5.63. The van der Waals surface area contributed by atoms with Gasteiger partial charge in [0.05, 0.1) is 0 Å². The van der Waals surface area contributed by atoms with Crippen molar-refractivity contribution in [2.45, 2.75) is 65.6 Å². The van der Waals surface area contributed by atoms with Gasteiger partial charge in [0.15, 0.2) is 0 Å². The van der Waals surface area contributed by atoms with Crippen LogP contribution in [-0.2, 0) is 14.3 Å². The fraction of sp³-hybridized carbons (Fsp3) is 0.500. The zero-order chi connectivity index (χ0) is 23.3. The van der Waals surface area contributed by atoms with Crippen molar-refractivity contribution >= 4 is 17.9 Å². The monoisotopic (exact) mass is 417 g/mol. The number of ether oxygens (including phenoxy) is 1. The number of phenols is 1. The first-order valence-electron chi connectivity index (χ1n) is 9.51. The maximum Gasteiger partial charge on any atom is 0.408 e. The number of carbonyl (C=O) groups excluding carboxylic acids is 3. The van der Waals surface area contributed by atoms with Crippen LogP contribution in [0.3, 0.4) is 0 Å². The lowest BCUT2D eigenvalue weighted by Crippen LogP contribution is -2.49. The molecule has 1 rings (SSSR count). The second-order valence-corrected chi connectivity index (χ2v) is 8.94. The molecule has 1 atom stereocenters. The summed E-state index contributed by atoms with van der Waals surface area (Å²) < 4.78 is 5.11. The number of phenolic OH excluding ortho intramolecular Hbond substituents is 1. The van der Waals surface area contributed by atoms with Gasteiger partial charge in [-0.2, -0.15) is 0 Å². The van der Waals surface area contributed by atoms with Gasteiger partial charge >= 0.3 is 6.09 Å². The molecule has 0 heterocycles. The molecule has 1 aromatic rings. The molecule has 0 aromatic heterocycles. The highest BCUT2D eigenvalue weighted by atomic mass is 16.6. The van der Waals surface area contributed by atoms with Crippen LogP contribution in [0, 0.1) is 19.4 Å². The van der Waals surface area contributed by atoms with Crippen LogP contribution in [0.5, 0.6) is 5.75 Å². The van der Waals surface area contributed by atoms with E-state index in [0.29, 0.717) is 11.1 Å². The fourth-order valence-electron chi connectivity index (χ4n) is 2.54. The van der Waals surface area contributed by atoms with E-state index in [-0.39, 0.29) is 5.75 Å². The molecule has 30 heavy (non-hydrogen) atoms. The molecular formula is C22H31N3O5. The Balaban J connectivity index is 3.17. The van der Waals surface area contributed by atoms with Crippen molar-refractivity contribution in [3.05, 3.63) is 29.3 Å². The van der Waals surface area contributed by atoms with E-state index < -0.39 is 41.6 Å². The highest BCUT2D eigenvalue weighted by Crippen LogP contribution is 2.26. The minimum atomic E-state index is -1.15. The van der Waals surface area contributed by atoms with Crippen molar-refractivity contribution in [3.8, 4) is 18.2 Å². The van der Waals surface area contributed by atoms with E-state index in [1.165, 1.54) is 12.1 Å². The van der Waals surface area contributed by atoms with Gasteiger partial charge in [0.25, 0.3) is 5.91 Å². The predicted molar refractivity (Wildman–Crippen MR) is 113 cm³/mol. The normalized spacial score (nSPS) is 12.3. The Morgan fingerprint density at radius 3 is 2.27 bits per heavy atom. The Morgan fingerprint density at radius 2 is 1.80 bits per heavy atom. The van der Waals surface area contributed by atoms with Crippen molar-refractivity contribution in [2.24, 2.45) is 0 Å². The number of alkyl carbamates (subject to hydrolysis) is 1. The van der Waals surface area contributed by atoms with Gasteiger partial charge < -0.3 is 20.5 Å². The van der Waals surface area contributed by atoms with E-state index >= 15 is 0 Å². The molecule has 8 heteroatoms. The summed E-state index contributed by atoms with van der Waals surface area (Å²) in [5.41, 5.74) is -0.343. The lowest BCUT2D eigenvalue weighted by molar-refractivity contribution is -0.137. The predicted octanol–water partition coefficient (Wildman–Crippen LogP) is 2.60. The van der Waals surface area contributed by atoms with Crippen LogP contribution in [0.1, 0.15) is 58.7 Å². The van der Waals surface area contributed by atoms with Crippen LogP contribution in [0.15, 0.2) is 18.2 Å². The number of nitrogens with one attached hydrogen (secondary N) is 2. The second kappa shape index (κ2) is 9.53. The Bertz CT molecular complexity index is 844. The summed E-state index contributed by atoms with van der Waals surface area (Å²) in [5.74, 6) is -1.10. The number of amides is 3. The standard InChI is InChI=1S/C22H31N3O5/c1-9-25(17(27)13-23-20(29)30-22(6,7)8)18(19(28)24-21(3,4)5)15-10-11-16(26)14(2)12-15/h1,10-12,18,26H,13H2,2-8H3,(H,23,29)(H,24,28). The van der Waals surface area contributed by atoms with Crippen LogP contribution in [-0.4, -0.2) is 45.6 Å². The maximum absolute atomic E-state index is 13.0. The molecule has 1 aromatic carbocycles. The summed E-state index contributed by atoms with van der Waals surface area (Å²) in [5, 5.41) is 15.0. The number of hydrogen-bond donors (Lipinski definition) is 3. The second-order valence-electron chi connectivity index (χ2n) is 8.94. The van der Waals surface area contributed by atoms with Gasteiger partial charge in [0.2, 0.25) is 5.91 Å². The first kappa shape index (κ1) is 24.8. The average molecular weight is 418 g/mol. The van der Waals surface area contributed by atoms with Crippen molar-refractivity contribution in [1.82, 2.24) is 15.5 Å². The number of terminal acetylenes is 1. The molecule has 164 valence electrons. The molecule has 0 bridgehead atoms. The quantitative estimate of drug-likeness (QED) is 0.504. The number of aryl methyl sites for hydroxylation is 1. The number of rotatable bonds is 5. The third-order valence-corrected chi connectivity index (χ3v) is 3.73. The number of carbonyl (C=O) groups is 3. The van der Waals surface area contributed by atoms with Gasteiger partial charge in [-0.1, -0.05) is 12.5 Å². The van der Waals surface area contributed by atoms with Crippen LogP contribution >= 0.6 is 0 Å². The zero-order valence-corrected chi connectivity index (χ0v) is 18.6. The van der Waals surface area contributed by atoms with Crippen molar-refractivity contribution in [2.75, 3.05) is 6.54 Å². The van der Waals surface area contributed by atoms with E-state index in [0.717, 1.165) is 4.90 Å². The lowest BCUT2D eigenvalue weighted by Gasteiger charge is -2.30. The molecule has 0 saturated carbocycles. The van der Waals surface area contributed by atoms with Crippen molar-refractivity contribution in [3.63, 3.8) is 0 Å². The molecule has 0 aliphatic rings. The molecule has 0 saturated heterocycles. The topological polar surface area (TPSA) is 108 Å². The van der Waals surface area contributed by atoms with E-state index in [9.17, 15) is 19.5 Å². The van der Waals surface area contributed by atoms with E-state index in [1.807, 2.05) is 0 Å². The number of nitrogens with zero attached hydrogens (tertiary/aromatic N) is 1. The van der Waals surface area contributed by atoms with E-state index in [2.05, 4.69) is 16.7 Å². The summed E-state index contributed by atoms with van der Waals surface area (Å²) in [4.78, 5) is 38.6. The van der Waals surface area contributed by atoms with E-state index in [1.54, 1.807) is 54.5 Å². The van der Waals surface area contributed by atoms with E-state index in [4.69, 9.17) is 11.2 Å². The summed E-state index contributed by atoms with van der Waals surface area (Å²) >= 11 is 0. The van der Waals surface area contributed by atoms with Gasteiger partial charge in [0.1, 0.15) is 23.9 Å². The molecule has 3 amide bonds. The summed E-state index contributed by atoms with van der Waals surface area (Å²) in [6.07, 6.45) is 4.80. The molecular weight excluding hydrogens is 386 g/mol. The fourth-order valence-corrected chi connectivity index (χ4v) is 2.54. The van der Waals surface area contributed by atoms with Gasteiger partial charge in [0, 0.05) is 11.6 Å². The molecule has 0 radical (unpaired) electrons. The third-order valence-electron chi connectivity index (χ3n) is 3.73. The highest BCUT2D eigenvalue weighted by Gasteiger charge is 2.33. The smallest absolute Gasteiger partial charge is 0.408 e. The molecule has 0 aliphatic carbocycles. The Morgan fingerprint density at radius 1 is 1.20 bits per heavy atom. The van der Waals surface area contributed by atoms with Crippen LogP contribution < -0.4 is 10.6 Å². The minimum Gasteiger partial charge on any atom is -0.508 e. The first-order chi connectivity index (χ1) is 13.6. The summed E-state index contributed by atoms with van der Waals surface area (Å²) in [6.45, 7) is 11.7. The van der Waals surface area contributed by atoms with Gasteiger partial charge in [-0.05, 0) is 71.7 Å². The molecule has 0 spiro atoms. The molecule has 0 aliphatic heterocycles. The Kier molecular flexibility index (Phi) is 7.88. The average Bonchev–Trinajstić information content (AvgIpc) is 2.57. The Hall–Kier alpha value is -3.21. The van der Waals surface area contributed by atoms with Crippen molar-refractivity contribution < 1.29 is 24.2 Å². The molecule has 0 fully saturated rings. The number of benzene rings is 1. The minimum absolute atomic E-state index is 0.0545. The third kappa shape index (κ3) is 7.66. The van der Waals surface area contributed by atoms with Crippen LogP contribution in [0.2, 0.25) is 0 Å². The van der Waals surface area contributed by atoms with Gasteiger partial charge in [-0.25, -0.2) is 4.79 Å². The molecule has 3 N–H and O–H groups in total. The lowest BCUT2D eigenvalue weighted by atomic mass is 10.00. The van der Waals surface area contributed by atoms with Gasteiger partial charge in [-0.3, -0.25) is 14.5 Å². The Labute approximate surface area is 178 Å². The number of aromatic hydroxyl groups is 1. The maximum atomic E-state index is 13.0. The number of hydrogen-bond acceptors (Lipinski definition) is 5. The largest absolute Gasteiger partial charge is 0.508 e. The SMILES string of the molecule is C#CN(C(=O)CNC(=O)OC(C)(C)C)C(C(=O)NC(C)(C)C)c1ccc(O)c(C)c1. The van der Waals surface area contributed by atoms with Crippen LogP contribution in [0.4, 0.5) is 4.79 Å². The highest BCUT2D eigenvalue weighted by molar-refractivity contribution is 5.91. The van der Waals surface area contributed by atoms with Crippen molar-refractivity contribution in [1.29, 1.82) is 0 Å².